The molecule has 5 aromatic rings. The molecule has 1 aliphatic heterocycles. The zero-order chi connectivity index (χ0) is 30.5. The molecule has 0 unspecified atom stereocenters. The van der Waals surface area contributed by atoms with E-state index in [0.717, 1.165) is 21.8 Å². The summed E-state index contributed by atoms with van der Waals surface area (Å²) in [7, 11) is 0. The third-order valence-electron chi connectivity index (χ3n) is 6.81. The van der Waals surface area contributed by atoms with Gasteiger partial charge < -0.3 is 14.5 Å². The number of amides is 2. The lowest BCUT2D eigenvalue weighted by Gasteiger charge is -2.22. The van der Waals surface area contributed by atoms with E-state index in [1.807, 2.05) is 48.7 Å². The summed E-state index contributed by atoms with van der Waals surface area (Å²) in [5.74, 6) is 0.414. The van der Waals surface area contributed by atoms with Crippen molar-refractivity contribution in [3.63, 3.8) is 0 Å². The van der Waals surface area contributed by atoms with Gasteiger partial charge in [-0.15, -0.1) is 21.5 Å². The van der Waals surface area contributed by atoms with Gasteiger partial charge in [-0.05, 0) is 72.5 Å². The molecular formula is C31H27FN6O4S2. The Labute approximate surface area is 260 Å². The van der Waals surface area contributed by atoms with Gasteiger partial charge in [0, 0.05) is 12.1 Å². The van der Waals surface area contributed by atoms with Crippen LogP contribution < -0.4 is 10.1 Å². The summed E-state index contributed by atoms with van der Waals surface area (Å²) < 4.78 is 26.3. The predicted molar refractivity (Wildman–Crippen MR) is 165 cm³/mol. The molecule has 0 aliphatic carbocycles. The van der Waals surface area contributed by atoms with Crippen LogP contribution in [0.3, 0.4) is 0 Å². The number of halogens is 1. The maximum Gasteiger partial charge on any atom is 0.287 e. The fraction of sp³-hybridized carbons (Fsp3) is 0.194. The Morgan fingerprint density at radius 3 is 2.61 bits per heavy atom. The van der Waals surface area contributed by atoms with Crippen LogP contribution in [0.1, 0.15) is 46.2 Å². The highest BCUT2D eigenvalue weighted by Crippen LogP contribution is 2.35. The van der Waals surface area contributed by atoms with E-state index in [1.165, 1.54) is 35.2 Å². The van der Waals surface area contributed by atoms with E-state index in [4.69, 9.17) is 14.3 Å². The van der Waals surface area contributed by atoms with Crippen LogP contribution in [-0.2, 0) is 11.3 Å². The number of nitrogens with zero attached hydrogens (tertiary/aromatic N) is 5. The largest absolute Gasteiger partial charge is 0.494 e. The third-order valence-corrected chi connectivity index (χ3v) is 8.64. The lowest BCUT2D eigenvalue weighted by Crippen LogP contribution is -2.28. The number of aromatic nitrogens is 3. The first-order chi connectivity index (χ1) is 21.5. The van der Waals surface area contributed by atoms with Crippen LogP contribution in [0.5, 0.6) is 5.75 Å². The highest BCUT2D eigenvalue weighted by Gasteiger charge is 2.33. The van der Waals surface area contributed by atoms with Crippen molar-refractivity contribution in [1.29, 1.82) is 0 Å². The summed E-state index contributed by atoms with van der Waals surface area (Å²) in [4.78, 5) is 27.2. The van der Waals surface area contributed by atoms with E-state index in [2.05, 4.69) is 15.5 Å². The van der Waals surface area contributed by atoms with E-state index < -0.39 is 0 Å². The van der Waals surface area contributed by atoms with Gasteiger partial charge in [-0.3, -0.25) is 14.2 Å². The van der Waals surface area contributed by atoms with Gasteiger partial charge in [-0.1, -0.05) is 30.0 Å². The molecule has 0 radical (unpaired) electrons. The molecular weight excluding hydrogens is 604 g/mol. The molecule has 0 saturated heterocycles. The molecule has 6 rings (SSSR count). The van der Waals surface area contributed by atoms with Crippen molar-refractivity contribution in [3.05, 3.63) is 112 Å². The maximum atomic E-state index is 13.7. The van der Waals surface area contributed by atoms with Crippen molar-refractivity contribution >= 4 is 40.6 Å². The van der Waals surface area contributed by atoms with Crippen molar-refractivity contribution in [2.75, 3.05) is 12.4 Å². The molecule has 0 spiro atoms. The summed E-state index contributed by atoms with van der Waals surface area (Å²) in [6.07, 6.45) is 1.95. The lowest BCUT2D eigenvalue weighted by molar-refractivity contribution is -0.130. The number of carbonyl (C=O) groups is 2. The van der Waals surface area contributed by atoms with E-state index in [9.17, 15) is 14.0 Å². The number of benzene rings is 2. The second-order valence-electron chi connectivity index (χ2n) is 9.64. The second-order valence-corrected chi connectivity index (χ2v) is 11.5. The molecule has 3 aromatic heterocycles. The summed E-state index contributed by atoms with van der Waals surface area (Å²) in [6.45, 7) is 2.51. The van der Waals surface area contributed by atoms with E-state index in [0.29, 0.717) is 29.8 Å². The number of furan rings is 1. The highest BCUT2D eigenvalue weighted by molar-refractivity contribution is 7.99. The molecule has 0 bridgehead atoms. The first-order valence-electron chi connectivity index (χ1n) is 13.8. The predicted octanol–water partition coefficient (Wildman–Crippen LogP) is 5.86. The van der Waals surface area contributed by atoms with Crippen molar-refractivity contribution < 1.29 is 23.1 Å². The Bertz CT molecular complexity index is 1750. The molecule has 4 heterocycles. The van der Waals surface area contributed by atoms with Gasteiger partial charge in [0.2, 0.25) is 0 Å². The standard InChI is InChI=1S/C31H27FN6O4S2/c1-2-41-23-13-11-22(12-14-23)37-28(18-33-30(40)26-5-3-15-42-26)34-35-31(37)44-19-29(39)38-25(20-7-9-21(32)10-8-20)17-24(36-38)27-6-4-16-43-27/h3-16,25H,2,17-19H2,1H3,(H,33,40)/t25-/m1/s1. The zero-order valence-electron chi connectivity index (χ0n) is 23.6. The molecule has 2 aromatic carbocycles. The number of carbonyl (C=O) groups excluding carboxylic acids is 2. The smallest absolute Gasteiger partial charge is 0.287 e. The topological polar surface area (TPSA) is 115 Å². The van der Waals surface area contributed by atoms with Crippen molar-refractivity contribution in [2.24, 2.45) is 5.10 Å². The minimum absolute atomic E-state index is 0.0207. The Morgan fingerprint density at radius 1 is 1.09 bits per heavy atom. The normalized spacial score (nSPS) is 14.5. The van der Waals surface area contributed by atoms with Crippen molar-refractivity contribution in [3.8, 4) is 11.4 Å². The van der Waals surface area contributed by atoms with E-state index in [-0.39, 0.29) is 41.7 Å². The average Bonchev–Trinajstić information content (AvgIpc) is 3.86. The second kappa shape index (κ2) is 13.3. The number of thiophene rings is 1. The van der Waals surface area contributed by atoms with Crippen LogP contribution in [0.4, 0.5) is 4.39 Å². The minimum Gasteiger partial charge on any atom is -0.494 e. The van der Waals surface area contributed by atoms with Gasteiger partial charge in [0.05, 0.1) is 41.8 Å². The SMILES string of the molecule is CCOc1ccc(-n2c(CNC(=O)c3ccco3)nnc2SCC(=O)N2N=C(c3cccs3)C[C@@H]2c2ccc(F)cc2)cc1. The lowest BCUT2D eigenvalue weighted by atomic mass is 10.0. The van der Waals surface area contributed by atoms with Crippen LogP contribution in [-0.4, -0.2) is 49.7 Å². The minimum atomic E-state index is -0.388. The number of rotatable bonds is 11. The van der Waals surface area contributed by atoms with Gasteiger partial charge in [-0.2, -0.15) is 5.10 Å². The number of thioether (sulfide) groups is 1. The summed E-state index contributed by atoms with van der Waals surface area (Å²) >= 11 is 2.77. The van der Waals surface area contributed by atoms with Crippen LogP contribution in [0, 0.1) is 5.82 Å². The molecule has 1 atom stereocenters. The zero-order valence-corrected chi connectivity index (χ0v) is 25.2. The number of hydrogen-bond acceptors (Lipinski definition) is 9. The Balaban J connectivity index is 1.24. The van der Waals surface area contributed by atoms with Gasteiger partial charge in [0.1, 0.15) is 11.6 Å². The van der Waals surface area contributed by atoms with Crippen LogP contribution in [0.15, 0.2) is 99.1 Å². The molecule has 0 saturated carbocycles. The fourth-order valence-electron chi connectivity index (χ4n) is 4.75. The molecule has 13 heteroatoms. The Kier molecular flexibility index (Phi) is 8.84. The summed E-state index contributed by atoms with van der Waals surface area (Å²) in [6, 6.07) is 20.3. The number of hydrazone groups is 1. The quantitative estimate of drug-likeness (QED) is 0.182. The molecule has 2 amide bonds. The molecule has 10 nitrogen and oxygen atoms in total. The first kappa shape index (κ1) is 29.3. The van der Waals surface area contributed by atoms with Gasteiger partial charge in [-0.25, -0.2) is 9.40 Å². The van der Waals surface area contributed by atoms with Crippen LogP contribution in [0.25, 0.3) is 5.69 Å². The Hall–Kier alpha value is -4.75. The van der Waals surface area contributed by atoms with E-state index >= 15 is 0 Å². The third kappa shape index (κ3) is 6.43. The Morgan fingerprint density at radius 2 is 1.91 bits per heavy atom. The van der Waals surface area contributed by atoms with Crippen LogP contribution in [0.2, 0.25) is 0 Å². The summed E-state index contributed by atoms with van der Waals surface area (Å²) in [5, 5.41) is 20.1. The monoisotopic (exact) mass is 630 g/mol. The molecule has 44 heavy (non-hydrogen) atoms. The maximum absolute atomic E-state index is 13.7. The van der Waals surface area contributed by atoms with Crippen molar-refractivity contribution in [1.82, 2.24) is 25.1 Å². The highest BCUT2D eigenvalue weighted by atomic mass is 32.2. The van der Waals surface area contributed by atoms with E-state index in [1.54, 1.807) is 40.2 Å². The average molecular weight is 631 g/mol. The fourth-order valence-corrected chi connectivity index (χ4v) is 6.29. The van der Waals surface area contributed by atoms with Gasteiger partial charge >= 0.3 is 0 Å². The van der Waals surface area contributed by atoms with Crippen LogP contribution >= 0.6 is 23.1 Å². The van der Waals surface area contributed by atoms with Gasteiger partial charge in [0.25, 0.3) is 11.8 Å². The summed E-state index contributed by atoms with van der Waals surface area (Å²) in [5.41, 5.74) is 2.34. The van der Waals surface area contributed by atoms with Crippen molar-refractivity contribution in [2.45, 2.75) is 31.1 Å². The molecule has 0 fully saturated rings. The molecule has 1 N–H and O–H groups in total. The number of hydrogen-bond donors (Lipinski definition) is 1. The number of ether oxygens (including phenoxy) is 1. The molecule has 1 aliphatic rings. The van der Waals surface area contributed by atoms with Gasteiger partial charge in [0.15, 0.2) is 16.7 Å². The molecule has 224 valence electrons. The first-order valence-corrected chi connectivity index (χ1v) is 15.7. The number of nitrogens with one attached hydrogen (secondary N) is 1.